The summed E-state index contributed by atoms with van der Waals surface area (Å²) in [5, 5.41) is 0. The topological polar surface area (TPSA) is 24.7 Å². The summed E-state index contributed by atoms with van der Waals surface area (Å²) in [7, 11) is 0. The number of nitrogens with zero attached hydrogens (tertiary/aromatic N) is 2. The maximum atomic E-state index is 12.5. The molecule has 0 N–H and O–H groups in total. The molecule has 0 saturated carbocycles. The van der Waals surface area contributed by atoms with Gasteiger partial charge in [0.2, 0.25) is 0 Å². The molecular weight excluding hydrogens is 286 g/mol. The Morgan fingerprint density at radius 1 is 1.10 bits per heavy atom. The van der Waals surface area contributed by atoms with Crippen LogP contribution in [0, 0.1) is 0 Å². The van der Waals surface area contributed by atoms with Crippen molar-refractivity contribution in [3.63, 3.8) is 0 Å². The normalized spacial score (nSPS) is 13.4. The lowest BCUT2D eigenvalue weighted by atomic mass is 10.2. The predicted molar refractivity (Wildman–Crippen MR) is 63.4 cm³/mol. The van der Waals surface area contributed by atoms with Crippen molar-refractivity contribution in [3.05, 3.63) is 29.8 Å². The number of rotatable bonds is 3. The average Bonchev–Trinajstić information content (AvgIpc) is 2.32. The van der Waals surface area contributed by atoms with E-state index in [1.807, 2.05) is 0 Å². The Balaban J connectivity index is 2.93. The first kappa shape index (κ1) is 16.2. The van der Waals surface area contributed by atoms with Gasteiger partial charge in [0.15, 0.2) is 0 Å². The van der Waals surface area contributed by atoms with E-state index in [9.17, 15) is 26.3 Å². The zero-order valence-corrected chi connectivity index (χ0v) is 10.1. The Kier molecular flexibility index (Phi) is 4.91. The number of hydrogen-bond donors (Lipinski definition) is 0. The Morgan fingerprint density at radius 3 is 2.25 bits per heavy atom. The molecule has 0 aliphatic rings. The molecule has 0 unspecified atom stereocenters. The van der Waals surface area contributed by atoms with E-state index in [-0.39, 0.29) is 11.5 Å². The standard InChI is InChI=1S/C12H10F6N2/c1-19-10(5-6-11(13,14)15)20-9-4-2-3-8(7-9)12(16,17)18/h2-4,7H,1,5-6H2. The fourth-order valence-electron chi connectivity index (χ4n) is 1.32. The minimum absolute atomic E-state index is 0.121. The van der Waals surface area contributed by atoms with Crippen molar-refractivity contribution in [3.8, 4) is 0 Å². The molecule has 8 heteroatoms. The third-order valence-corrected chi connectivity index (χ3v) is 2.25. The molecule has 0 heterocycles. The van der Waals surface area contributed by atoms with Gasteiger partial charge in [-0.15, -0.1) is 0 Å². The summed E-state index contributed by atoms with van der Waals surface area (Å²) in [6, 6.07) is 3.94. The van der Waals surface area contributed by atoms with Crippen molar-refractivity contribution in [1.82, 2.24) is 0 Å². The molecule has 0 atom stereocenters. The van der Waals surface area contributed by atoms with Gasteiger partial charge in [-0.3, -0.25) is 0 Å². The third kappa shape index (κ3) is 5.41. The van der Waals surface area contributed by atoms with Crippen molar-refractivity contribution < 1.29 is 26.3 Å². The smallest absolute Gasteiger partial charge is 0.249 e. The first-order valence-electron chi connectivity index (χ1n) is 5.40. The number of halogens is 6. The van der Waals surface area contributed by atoms with Gasteiger partial charge in [0.05, 0.1) is 17.7 Å². The lowest BCUT2D eigenvalue weighted by Crippen LogP contribution is -2.09. The third-order valence-electron chi connectivity index (χ3n) is 2.25. The molecule has 0 saturated heterocycles. The van der Waals surface area contributed by atoms with Crippen molar-refractivity contribution in [2.24, 2.45) is 9.98 Å². The largest absolute Gasteiger partial charge is 0.416 e. The zero-order chi connectivity index (χ0) is 15.4. The highest BCUT2D eigenvalue weighted by Gasteiger charge is 2.30. The van der Waals surface area contributed by atoms with Gasteiger partial charge in [-0.05, 0) is 24.9 Å². The quantitative estimate of drug-likeness (QED) is 0.436. The predicted octanol–water partition coefficient (Wildman–Crippen LogP) is 4.78. The summed E-state index contributed by atoms with van der Waals surface area (Å²) < 4.78 is 73.5. The highest BCUT2D eigenvalue weighted by atomic mass is 19.4. The Bertz CT molecular complexity index is 501. The Labute approximate surface area is 110 Å². The molecule has 0 aliphatic heterocycles. The molecule has 20 heavy (non-hydrogen) atoms. The Morgan fingerprint density at radius 2 is 1.75 bits per heavy atom. The molecule has 0 amide bonds. The van der Waals surface area contributed by atoms with Crippen LogP contribution in [0.1, 0.15) is 18.4 Å². The lowest BCUT2D eigenvalue weighted by Gasteiger charge is -2.08. The first-order chi connectivity index (χ1) is 9.12. The fourth-order valence-corrected chi connectivity index (χ4v) is 1.32. The molecule has 110 valence electrons. The first-order valence-corrected chi connectivity index (χ1v) is 5.40. The van der Waals surface area contributed by atoms with Gasteiger partial charge < -0.3 is 0 Å². The van der Waals surface area contributed by atoms with Crippen molar-refractivity contribution >= 4 is 18.2 Å². The van der Waals surface area contributed by atoms with Crippen molar-refractivity contribution in [1.29, 1.82) is 0 Å². The van der Waals surface area contributed by atoms with Gasteiger partial charge >= 0.3 is 12.4 Å². The molecule has 1 aromatic carbocycles. The van der Waals surface area contributed by atoms with Crippen LogP contribution in [0.25, 0.3) is 0 Å². The van der Waals surface area contributed by atoms with E-state index in [0.717, 1.165) is 18.2 Å². The SMILES string of the molecule is C=NC(CCC(F)(F)F)=Nc1cccc(C(F)(F)F)c1. The van der Waals surface area contributed by atoms with Gasteiger partial charge in [-0.1, -0.05) is 6.07 Å². The van der Waals surface area contributed by atoms with Crippen LogP contribution in [-0.4, -0.2) is 18.7 Å². The van der Waals surface area contributed by atoms with Crippen LogP contribution in [-0.2, 0) is 6.18 Å². The average molecular weight is 296 g/mol. The number of hydrogen-bond acceptors (Lipinski definition) is 1. The van der Waals surface area contributed by atoms with E-state index in [2.05, 4.69) is 16.7 Å². The fraction of sp³-hybridized carbons (Fsp3) is 0.333. The van der Waals surface area contributed by atoms with Crippen molar-refractivity contribution in [2.45, 2.75) is 25.2 Å². The van der Waals surface area contributed by atoms with Crippen LogP contribution in [0.15, 0.2) is 34.3 Å². The molecule has 1 aromatic rings. The van der Waals surface area contributed by atoms with E-state index in [0.29, 0.717) is 0 Å². The molecule has 0 spiro atoms. The lowest BCUT2D eigenvalue weighted by molar-refractivity contribution is -0.137. The van der Waals surface area contributed by atoms with Crippen LogP contribution < -0.4 is 0 Å². The summed E-state index contributed by atoms with van der Waals surface area (Å²) >= 11 is 0. The highest BCUT2D eigenvalue weighted by molar-refractivity contribution is 5.88. The summed E-state index contributed by atoms with van der Waals surface area (Å²) in [6.45, 7) is 3.06. The van der Waals surface area contributed by atoms with Crippen LogP contribution in [0.3, 0.4) is 0 Å². The van der Waals surface area contributed by atoms with E-state index in [1.54, 1.807) is 0 Å². The van der Waals surface area contributed by atoms with Crippen LogP contribution in [0.4, 0.5) is 32.0 Å². The molecule has 2 nitrogen and oxygen atoms in total. The van der Waals surface area contributed by atoms with Gasteiger partial charge in [-0.25, -0.2) is 9.98 Å². The molecule has 1 rings (SSSR count). The summed E-state index contributed by atoms with van der Waals surface area (Å²) in [5.74, 6) is -0.262. The minimum atomic E-state index is -4.54. The number of alkyl halides is 6. The van der Waals surface area contributed by atoms with Crippen LogP contribution >= 0.6 is 0 Å². The summed E-state index contributed by atoms with van der Waals surface area (Å²) in [6.07, 6.45) is -10.6. The van der Waals surface area contributed by atoms with Crippen LogP contribution in [0.5, 0.6) is 0 Å². The molecule has 0 fully saturated rings. The molecular formula is C12H10F6N2. The number of benzene rings is 1. The molecule has 0 aliphatic carbocycles. The summed E-state index contributed by atoms with van der Waals surface area (Å²) in [4.78, 5) is 6.94. The second-order valence-corrected chi connectivity index (χ2v) is 3.85. The number of aliphatic imine (C=N–C) groups is 2. The van der Waals surface area contributed by atoms with E-state index in [1.165, 1.54) is 6.07 Å². The van der Waals surface area contributed by atoms with Gasteiger partial charge in [0.1, 0.15) is 5.84 Å². The van der Waals surface area contributed by atoms with Crippen LogP contribution in [0.2, 0.25) is 0 Å². The van der Waals surface area contributed by atoms with Gasteiger partial charge in [0.25, 0.3) is 0 Å². The minimum Gasteiger partial charge on any atom is -0.249 e. The van der Waals surface area contributed by atoms with Crippen molar-refractivity contribution in [2.75, 3.05) is 0 Å². The van der Waals surface area contributed by atoms with E-state index < -0.39 is 30.8 Å². The maximum absolute atomic E-state index is 12.5. The monoisotopic (exact) mass is 296 g/mol. The molecule has 0 bridgehead atoms. The second kappa shape index (κ2) is 6.06. The van der Waals surface area contributed by atoms with Gasteiger partial charge in [-0.2, -0.15) is 26.3 Å². The highest BCUT2D eigenvalue weighted by Crippen LogP contribution is 2.31. The Hall–Kier alpha value is -1.86. The summed E-state index contributed by atoms with van der Waals surface area (Å²) in [5.41, 5.74) is -1.05. The maximum Gasteiger partial charge on any atom is 0.416 e. The van der Waals surface area contributed by atoms with E-state index >= 15 is 0 Å². The van der Waals surface area contributed by atoms with Gasteiger partial charge in [0, 0.05) is 6.42 Å². The molecule has 0 radical (unpaired) electrons. The second-order valence-electron chi connectivity index (χ2n) is 3.85. The number of amidine groups is 1. The van der Waals surface area contributed by atoms with E-state index in [4.69, 9.17) is 0 Å². The zero-order valence-electron chi connectivity index (χ0n) is 10.1. The molecule has 0 aromatic heterocycles.